The predicted molar refractivity (Wildman–Crippen MR) is 67.8 cm³/mol. The first kappa shape index (κ1) is 13.9. The summed E-state index contributed by atoms with van der Waals surface area (Å²) < 4.78 is 0. The summed E-state index contributed by atoms with van der Waals surface area (Å²) in [7, 11) is 0. The van der Waals surface area contributed by atoms with Gasteiger partial charge >= 0.3 is 0 Å². The second-order valence-corrected chi connectivity index (χ2v) is 4.58. The number of aryl methyl sites for hydroxylation is 2. The molecule has 5 N–H and O–H groups in total. The number of aliphatic hydroxyl groups is 2. The van der Waals surface area contributed by atoms with Gasteiger partial charge in [-0.15, -0.1) is 0 Å². The lowest BCUT2D eigenvalue weighted by molar-refractivity contribution is 0.147. The molecule has 0 aliphatic rings. The molecule has 0 unspecified atom stereocenters. The number of hydrogen-bond donors (Lipinski definition) is 4. The van der Waals surface area contributed by atoms with Crippen LogP contribution in [0.2, 0.25) is 0 Å². The zero-order valence-electron chi connectivity index (χ0n) is 10.6. The number of aromatic nitrogens is 1. The zero-order valence-corrected chi connectivity index (χ0v) is 10.6. The molecule has 0 fully saturated rings. The van der Waals surface area contributed by atoms with Crippen LogP contribution in [0, 0.1) is 13.8 Å². The molecule has 17 heavy (non-hydrogen) atoms. The molecule has 5 nitrogen and oxygen atoms in total. The van der Waals surface area contributed by atoms with Crippen molar-refractivity contribution < 1.29 is 10.2 Å². The Morgan fingerprint density at radius 1 is 1.35 bits per heavy atom. The Balaban J connectivity index is 3.13. The lowest BCUT2D eigenvalue weighted by atomic mass is 10.0. The summed E-state index contributed by atoms with van der Waals surface area (Å²) in [4.78, 5) is 4.34. The first-order valence-electron chi connectivity index (χ1n) is 5.63. The molecule has 0 spiro atoms. The molecule has 5 heteroatoms. The third kappa shape index (κ3) is 3.15. The van der Waals surface area contributed by atoms with E-state index in [1.165, 1.54) is 0 Å². The molecule has 0 aromatic carbocycles. The Hall–Kier alpha value is -1.17. The number of aliphatic hydroxyl groups excluding tert-OH is 2. The summed E-state index contributed by atoms with van der Waals surface area (Å²) in [5, 5.41) is 21.7. The molecule has 0 bridgehead atoms. The zero-order chi connectivity index (χ0) is 13.1. The number of anilines is 1. The monoisotopic (exact) mass is 239 g/mol. The topological polar surface area (TPSA) is 91.4 Å². The maximum absolute atomic E-state index is 9.28. The summed E-state index contributed by atoms with van der Waals surface area (Å²) in [6, 6.07) is 1.87. The van der Waals surface area contributed by atoms with Crippen molar-refractivity contribution in [3.05, 3.63) is 23.0 Å². The molecule has 96 valence electrons. The average Bonchev–Trinajstić information content (AvgIpc) is 2.28. The highest BCUT2D eigenvalue weighted by Crippen LogP contribution is 2.22. The van der Waals surface area contributed by atoms with Crippen molar-refractivity contribution in [2.75, 3.05) is 18.5 Å². The van der Waals surface area contributed by atoms with Crippen molar-refractivity contribution in [1.29, 1.82) is 0 Å². The van der Waals surface area contributed by atoms with Crippen molar-refractivity contribution in [3.8, 4) is 0 Å². The molecule has 1 aromatic rings. The third-order valence-corrected chi connectivity index (χ3v) is 2.80. The maximum atomic E-state index is 9.28. The van der Waals surface area contributed by atoms with Gasteiger partial charge in [-0.1, -0.05) is 0 Å². The van der Waals surface area contributed by atoms with E-state index in [2.05, 4.69) is 10.3 Å². The molecule has 0 aliphatic carbocycles. The van der Waals surface area contributed by atoms with Gasteiger partial charge in [-0.05, 0) is 26.8 Å². The van der Waals surface area contributed by atoms with E-state index in [4.69, 9.17) is 5.73 Å². The minimum absolute atomic E-state index is 0.159. The van der Waals surface area contributed by atoms with Crippen molar-refractivity contribution in [2.45, 2.75) is 32.9 Å². The van der Waals surface area contributed by atoms with Crippen LogP contribution in [0.5, 0.6) is 0 Å². The van der Waals surface area contributed by atoms with Gasteiger partial charge in [0.1, 0.15) is 0 Å². The first-order valence-corrected chi connectivity index (χ1v) is 5.63. The van der Waals surface area contributed by atoms with Gasteiger partial charge in [-0.3, -0.25) is 4.98 Å². The van der Waals surface area contributed by atoms with E-state index >= 15 is 0 Å². The maximum Gasteiger partial charge on any atom is 0.0806 e. The lowest BCUT2D eigenvalue weighted by Gasteiger charge is -2.29. The van der Waals surface area contributed by atoms with Gasteiger partial charge in [0, 0.05) is 29.2 Å². The van der Waals surface area contributed by atoms with Gasteiger partial charge in [0.15, 0.2) is 0 Å². The van der Waals surface area contributed by atoms with Crippen LogP contribution in [0.4, 0.5) is 5.69 Å². The van der Waals surface area contributed by atoms with Crippen LogP contribution < -0.4 is 11.1 Å². The van der Waals surface area contributed by atoms with E-state index in [0.29, 0.717) is 6.54 Å². The van der Waals surface area contributed by atoms with Gasteiger partial charge < -0.3 is 21.3 Å². The molecule has 0 aliphatic heterocycles. The minimum Gasteiger partial charge on any atom is -0.394 e. The molecule has 0 atom stereocenters. The minimum atomic E-state index is -0.760. The molecular formula is C12H21N3O2. The Kier molecular flexibility index (Phi) is 4.45. The van der Waals surface area contributed by atoms with E-state index in [0.717, 1.165) is 22.6 Å². The highest BCUT2D eigenvalue weighted by Gasteiger charge is 2.23. The highest BCUT2D eigenvalue weighted by molar-refractivity contribution is 5.55. The first-order chi connectivity index (χ1) is 7.95. The van der Waals surface area contributed by atoms with Crippen molar-refractivity contribution >= 4 is 5.69 Å². The van der Waals surface area contributed by atoms with Gasteiger partial charge in [-0.25, -0.2) is 0 Å². The van der Waals surface area contributed by atoms with Gasteiger partial charge in [-0.2, -0.15) is 0 Å². The molecule has 1 rings (SSSR count). The third-order valence-electron chi connectivity index (χ3n) is 2.80. The Bertz CT molecular complexity index is 390. The second kappa shape index (κ2) is 5.44. The van der Waals surface area contributed by atoms with E-state index in [1.54, 1.807) is 6.92 Å². The van der Waals surface area contributed by atoms with Crippen LogP contribution in [0.25, 0.3) is 0 Å². The number of hydrogen-bond acceptors (Lipinski definition) is 5. The molecule has 0 saturated heterocycles. The fraction of sp³-hybridized carbons (Fsp3) is 0.583. The van der Waals surface area contributed by atoms with E-state index in [1.807, 2.05) is 19.9 Å². The standard InChI is InChI=1S/C12H21N3O2/c1-8-4-11(10(5-13)9(2)14-8)15-12(3,6-16)7-17/h4,16-17H,5-7,13H2,1-3H3,(H,14,15). The number of nitrogens with zero attached hydrogens (tertiary/aromatic N) is 1. The van der Waals surface area contributed by atoms with Crippen LogP contribution in [-0.4, -0.2) is 33.9 Å². The fourth-order valence-corrected chi connectivity index (χ4v) is 1.68. The van der Waals surface area contributed by atoms with E-state index in [-0.39, 0.29) is 13.2 Å². The van der Waals surface area contributed by atoms with Gasteiger partial charge in [0.05, 0.1) is 18.8 Å². The van der Waals surface area contributed by atoms with Crippen LogP contribution in [0.3, 0.4) is 0 Å². The van der Waals surface area contributed by atoms with E-state index in [9.17, 15) is 10.2 Å². The summed E-state index contributed by atoms with van der Waals surface area (Å²) in [6.45, 7) is 5.60. The predicted octanol–water partition coefficient (Wildman–Crippen LogP) is 0.312. The van der Waals surface area contributed by atoms with Crippen LogP contribution >= 0.6 is 0 Å². The number of nitrogens with two attached hydrogens (primary N) is 1. The van der Waals surface area contributed by atoms with Gasteiger partial charge in [0.2, 0.25) is 0 Å². The normalized spacial score (nSPS) is 11.6. The van der Waals surface area contributed by atoms with Crippen LogP contribution in [0.1, 0.15) is 23.9 Å². The smallest absolute Gasteiger partial charge is 0.0806 e. The summed E-state index contributed by atoms with van der Waals surface area (Å²) in [5.41, 5.74) is 8.41. The summed E-state index contributed by atoms with van der Waals surface area (Å²) in [6.07, 6.45) is 0. The largest absolute Gasteiger partial charge is 0.394 e. The Labute approximate surface area is 102 Å². The lowest BCUT2D eigenvalue weighted by Crippen LogP contribution is -2.43. The number of nitrogens with one attached hydrogen (secondary N) is 1. The second-order valence-electron chi connectivity index (χ2n) is 4.58. The van der Waals surface area contributed by atoms with Crippen LogP contribution in [-0.2, 0) is 6.54 Å². The molecule has 0 amide bonds. The van der Waals surface area contributed by atoms with Crippen LogP contribution in [0.15, 0.2) is 6.07 Å². The van der Waals surface area contributed by atoms with Crippen molar-refractivity contribution in [3.63, 3.8) is 0 Å². The summed E-state index contributed by atoms with van der Waals surface area (Å²) in [5.74, 6) is 0. The van der Waals surface area contributed by atoms with E-state index < -0.39 is 5.54 Å². The molecule has 0 saturated carbocycles. The summed E-state index contributed by atoms with van der Waals surface area (Å²) >= 11 is 0. The van der Waals surface area contributed by atoms with Crippen molar-refractivity contribution in [1.82, 2.24) is 4.98 Å². The quantitative estimate of drug-likeness (QED) is 0.593. The molecule has 0 radical (unpaired) electrons. The molecular weight excluding hydrogens is 218 g/mol. The highest BCUT2D eigenvalue weighted by atomic mass is 16.3. The Morgan fingerprint density at radius 3 is 2.41 bits per heavy atom. The van der Waals surface area contributed by atoms with Gasteiger partial charge in [0.25, 0.3) is 0 Å². The number of rotatable bonds is 5. The fourth-order valence-electron chi connectivity index (χ4n) is 1.68. The molecule has 1 aromatic heterocycles. The number of pyridine rings is 1. The molecule has 1 heterocycles. The average molecular weight is 239 g/mol. The van der Waals surface area contributed by atoms with Crippen molar-refractivity contribution in [2.24, 2.45) is 5.73 Å². The SMILES string of the molecule is Cc1cc(NC(C)(CO)CO)c(CN)c(C)n1. The Morgan fingerprint density at radius 2 is 1.94 bits per heavy atom.